The van der Waals surface area contributed by atoms with Gasteiger partial charge < -0.3 is 0 Å². The number of para-hydroxylation sites is 1. The highest BCUT2D eigenvalue weighted by molar-refractivity contribution is 5.87. The Kier molecular flexibility index (Phi) is 3.80. The van der Waals surface area contributed by atoms with Crippen LogP contribution < -0.4 is 0 Å². The first-order valence-corrected chi connectivity index (χ1v) is 8.29. The van der Waals surface area contributed by atoms with Crippen molar-refractivity contribution in [3.8, 4) is 16.9 Å². The Morgan fingerprint density at radius 3 is 2.33 bits per heavy atom. The van der Waals surface area contributed by atoms with Crippen molar-refractivity contribution in [3.05, 3.63) is 59.5 Å². The molecule has 27 heavy (non-hydrogen) atoms. The molecule has 0 aliphatic rings. The Balaban J connectivity index is 2.09. The molecule has 0 unspecified atom stereocenters. The zero-order chi connectivity index (χ0) is 19.3. The van der Waals surface area contributed by atoms with Crippen LogP contribution in [0.5, 0.6) is 0 Å². The van der Waals surface area contributed by atoms with Crippen LogP contribution in [0.2, 0.25) is 0 Å². The highest BCUT2D eigenvalue weighted by atomic mass is 19.4. The molecule has 0 spiro atoms. The topological polar surface area (TPSA) is 48.5 Å². The molecule has 3 aromatic heterocycles. The van der Waals surface area contributed by atoms with E-state index in [1.165, 1.54) is 10.9 Å². The predicted octanol–water partition coefficient (Wildman–Crippen LogP) is 4.46. The van der Waals surface area contributed by atoms with Crippen LogP contribution in [0.1, 0.15) is 17.0 Å². The van der Waals surface area contributed by atoms with Crippen LogP contribution in [0.4, 0.5) is 13.2 Å². The standard InChI is InChI=1S/C19H16F3N5/c1-11-17-15(19(20,21)22)9-16(14-10-23-26(3)12(14)2)24-18(17)27(25-11)13-7-5-4-6-8-13/h4-10H,1-3H3. The summed E-state index contributed by atoms with van der Waals surface area (Å²) in [7, 11) is 1.74. The Bertz CT molecular complexity index is 1140. The van der Waals surface area contributed by atoms with Gasteiger partial charge in [0.05, 0.1) is 34.2 Å². The van der Waals surface area contributed by atoms with Crippen molar-refractivity contribution in [1.29, 1.82) is 0 Å². The lowest BCUT2D eigenvalue weighted by Gasteiger charge is -2.11. The monoisotopic (exact) mass is 371 g/mol. The zero-order valence-corrected chi connectivity index (χ0v) is 14.9. The van der Waals surface area contributed by atoms with E-state index in [-0.39, 0.29) is 22.4 Å². The van der Waals surface area contributed by atoms with Gasteiger partial charge in [0.1, 0.15) is 0 Å². The maximum absolute atomic E-state index is 13.8. The van der Waals surface area contributed by atoms with Crippen molar-refractivity contribution in [2.75, 3.05) is 0 Å². The number of aryl methyl sites for hydroxylation is 2. The fraction of sp³-hybridized carbons (Fsp3) is 0.211. The summed E-state index contributed by atoms with van der Waals surface area (Å²) in [5.74, 6) is 0. The predicted molar refractivity (Wildman–Crippen MR) is 95.5 cm³/mol. The normalized spacial score (nSPS) is 12.1. The lowest BCUT2D eigenvalue weighted by molar-refractivity contribution is -0.136. The highest BCUT2D eigenvalue weighted by Crippen LogP contribution is 2.39. The number of hydrogen-bond acceptors (Lipinski definition) is 3. The molecule has 0 saturated carbocycles. The van der Waals surface area contributed by atoms with Crippen LogP contribution in [0.3, 0.4) is 0 Å². The Hall–Kier alpha value is -3.16. The van der Waals surface area contributed by atoms with E-state index in [0.29, 0.717) is 11.3 Å². The molecule has 4 aromatic rings. The van der Waals surface area contributed by atoms with Crippen LogP contribution in [0.15, 0.2) is 42.6 Å². The Morgan fingerprint density at radius 2 is 1.74 bits per heavy atom. The maximum atomic E-state index is 13.8. The Morgan fingerprint density at radius 1 is 1.04 bits per heavy atom. The molecule has 4 rings (SSSR count). The van der Waals surface area contributed by atoms with Crippen LogP contribution in [0.25, 0.3) is 28.0 Å². The van der Waals surface area contributed by atoms with E-state index >= 15 is 0 Å². The summed E-state index contributed by atoms with van der Waals surface area (Å²) >= 11 is 0. The van der Waals surface area contributed by atoms with Crippen molar-refractivity contribution in [1.82, 2.24) is 24.5 Å². The highest BCUT2D eigenvalue weighted by Gasteiger charge is 2.36. The van der Waals surface area contributed by atoms with Gasteiger partial charge in [0, 0.05) is 18.3 Å². The van der Waals surface area contributed by atoms with Gasteiger partial charge in [-0.3, -0.25) is 4.68 Å². The number of hydrogen-bond donors (Lipinski definition) is 0. The third kappa shape index (κ3) is 2.77. The van der Waals surface area contributed by atoms with Gasteiger partial charge in [0.2, 0.25) is 0 Å². The first-order chi connectivity index (χ1) is 12.8. The maximum Gasteiger partial charge on any atom is 0.417 e. The van der Waals surface area contributed by atoms with Crippen LogP contribution in [-0.4, -0.2) is 24.5 Å². The summed E-state index contributed by atoms with van der Waals surface area (Å²) in [5, 5.41) is 8.46. The summed E-state index contributed by atoms with van der Waals surface area (Å²) < 4.78 is 44.5. The fourth-order valence-corrected chi connectivity index (χ4v) is 3.15. The molecule has 0 atom stereocenters. The van der Waals surface area contributed by atoms with Gasteiger partial charge in [-0.25, -0.2) is 9.67 Å². The minimum Gasteiger partial charge on any atom is -0.272 e. The average Bonchev–Trinajstić information content (AvgIpc) is 3.14. The molecule has 0 amide bonds. The van der Waals surface area contributed by atoms with E-state index in [0.717, 1.165) is 11.8 Å². The molecule has 0 fully saturated rings. The van der Waals surface area contributed by atoms with E-state index in [1.54, 1.807) is 49.8 Å². The van der Waals surface area contributed by atoms with E-state index in [1.807, 2.05) is 6.07 Å². The van der Waals surface area contributed by atoms with Gasteiger partial charge in [0.15, 0.2) is 5.65 Å². The van der Waals surface area contributed by atoms with Gasteiger partial charge >= 0.3 is 6.18 Å². The van der Waals surface area contributed by atoms with Crippen molar-refractivity contribution in [2.24, 2.45) is 7.05 Å². The molecule has 0 saturated heterocycles. The molecular weight excluding hydrogens is 355 g/mol. The molecule has 3 heterocycles. The Labute approximate surface area is 153 Å². The van der Waals surface area contributed by atoms with Crippen molar-refractivity contribution in [3.63, 3.8) is 0 Å². The SMILES string of the molecule is Cc1nn(-c2ccccc2)c2nc(-c3cnn(C)c3C)cc(C(F)(F)F)c12. The smallest absolute Gasteiger partial charge is 0.272 e. The average molecular weight is 371 g/mol. The molecular formula is C19H16F3N5. The zero-order valence-electron chi connectivity index (χ0n) is 14.9. The van der Waals surface area contributed by atoms with Crippen LogP contribution >= 0.6 is 0 Å². The third-order valence-corrected chi connectivity index (χ3v) is 4.63. The molecule has 138 valence electrons. The molecule has 1 aromatic carbocycles. The second-order valence-electron chi connectivity index (χ2n) is 6.35. The van der Waals surface area contributed by atoms with Gasteiger partial charge in [-0.2, -0.15) is 23.4 Å². The fourth-order valence-electron chi connectivity index (χ4n) is 3.15. The van der Waals surface area contributed by atoms with E-state index in [9.17, 15) is 13.2 Å². The number of nitrogens with zero attached hydrogens (tertiary/aromatic N) is 5. The second-order valence-corrected chi connectivity index (χ2v) is 6.35. The van der Waals surface area contributed by atoms with E-state index < -0.39 is 11.7 Å². The van der Waals surface area contributed by atoms with Gasteiger partial charge in [-0.1, -0.05) is 18.2 Å². The summed E-state index contributed by atoms with van der Waals surface area (Å²) in [6.07, 6.45) is -3.00. The van der Waals surface area contributed by atoms with E-state index in [4.69, 9.17) is 0 Å². The lowest BCUT2D eigenvalue weighted by Crippen LogP contribution is -2.08. The van der Waals surface area contributed by atoms with E-state index in [2.05, 4.69) is 15.2 Å². The largest absolute Gasteiger partial charge is 0.417 e. The number of halogens is 3. The molecule has 8 heteroatoms. The van der Waals surface area contributed by atoms with Gasteiger partial charge in [-0.05, 0) is 32.0 Å². The minimum absolute atomic E-state index is 0.0108. The summed E-state index contributed by atoms with van der Waals surface area (Å²) in [6.45, 7) is 3.36. The first kappa shape index (κ1) is 17.3. The quantitative estimate of drug-likeness (QED) is 0.523. The number of pyridine rings is 1. The number of rotatable bonds is 2. The molecule has 0 aliphatic carbocycles. The molecule has 0 radical (unpaired) electrons. The number of fused-ring (bicyclic) bond motifs is 1. The lowest BCUT2D eigenvalue weighted by atomic mass is 10.1. The first-order valence-electron chi connectivity index (χ1n) is 8.29. The molecule has 0 aliphatic heterocycles. The van der Waals surface area contributed by atoms with Crippen molar-refractivity contribution in [2.45, 2.75) is 20.0 Å². The van der Waals surface area contributed by atoms with Crippen molar-refractivity contribution < 1.29 is 13.2 Å². The van der Waals surface area contributed by atoms with Gasteiger partial charge in [0.25, 0.3) is 0 Å². The number of benzene rings is 1. The van der Waals surface area contributed by atoms with Gasteiger partial charge in [-0.15, -0.1) is 0 Å². The summed E-state index contributed by atoms with van der Waals surface area (Å²) in [5.41, 5.74) is 1.87. The molecule has 0 bridgehead atoms. The molecule has 5 nitrogen and oxygen atoms in total. The molecule has 0 N–H and O–H groups in total. The minimum atomic E-state index is -4.53. The van der Waals surface area contributed by atoms with Crippen molar-refractivity contribution >= 4 is 11.0 Å². The number of aromatic nitrogens is 5. The summed E-state index contributed by atoms with van der Waals surface area (Å²) in [4.78, 5) is 4.54. The van der Waals surface area contributed by atoms with Crippen LogP contribution in [-0.2, 0) is 13.2 Å². The second kappa shape index (κ2) is 5.94. The third-order valence-electron chi connectivity index (χ3n) is 4.63. The van der Waals surface area contributed by atoms with Crippen LogP contribution in [0, 0.1) is 13.8 Å². The summed E-state index contributed by atoms with van der Waals surface area (Å²) in [6, 6.07) is 10.1. The number of alkyl halides is 3.